The van der Waals surface area contributed by atoms with E-state index in [9.17, 15) is 61.0 Å². The largest absolute Gasteiger partial charge is 0.394 e. The third-order valence-electron chi connectivity index (χ3n) is 11.9. The third kappa shape index (κ3) is 18.8. The number of aliphatic hydroxyl groups excluding tert-OH is 11. The molecule has 0 saturated carbocycles. The number of allylic oxidation sites excluding steroid dienone is 5. The smallest absolute Gasteiger partial charge is 0.220 e. The van der Waals surface area contributed by atoms with Crippen molar-refractivity contribution in [2.45, 2.75) is 221 Å². The highest BCUT2D eigenvalue weighted by atomic mass is 16.8. The number of nitrogens with one attached hydrogen (secondary N) is 1. The summed E-state index contributed by atoms with van der Waals surface area (Å²) >= 11 is 0. The van der Waals surface area contributed by atoms with E-state index in [1.54, 1.807) is 12.2 Å². The first-order valence-corrected chi connectivity index (χ1v) is 23.7. The third-order valence-corrected chi connectivity index (χ3v) is 11.9. The lowest BCUT2D eigenvalue weighted by molar-refractivity contribution is -0.379. The lowest BCUT2D eigenvalue weighted by Crippen LogP contribution is -2.66. The minimum Gasteiger partial charge on any atom is -0.394 e. The Hall–Kier alpha value is -1.99. The Balaban J connectivity index is 1.51. The van der Waals surface area contributed by atoms with Gasteiger partial charge in [-0.05, 0) is 44.9 Å². The molecule has 19 heteroatoms. The molecule has 12 N–H and O–H groups in total. The summed E-state index contributed by atoms with van der Waals surface area (Å²) < 4.78 is 33.8. The van der Waals surface area contributed by atoms with Crippen molar-refractivity contribution in [2.75, 3.05) is 26.4 Å². The van der Waals surface area contributed by atoms with Crippen LogP contribution in [0.5, 0.6) is 0 Å². The minimum absolute atomic E-state index is 0.205. The van der Waals surface area contributed by atoms with Gasteiger partial charge in [0.05, 0.1) is 38.6 Å². The van der Waals surface area contributed by atoms with Crippen molar-refractivity contribution in [3.8, 4) is 0 Å². The summed E-state index contributed by atoms with van der Waals surface area (Å²) in [6.45, 7) is 1.37. The number of hydrogen-bond donors (Lipinski definition) is 12. The van der Waals surface area contributed by atoms with Gasteiger partial charge < -0.3 is 89.9 Å². The SMILES string of the molecule is CCCCCCCCCC/C=C/CC/C=C/CC/C=C/C(O)C(COC1OC(CO)C(OC2OC(CO)C(OC3OC(CO)C(O)C(O)C3O)C(O)C2O)C(O)C1O)NC(=O)CCCC. The average molecular weight is 936 g/mol. The van der Waals surface area contributed by atoms with Crippen molar-refractivity contribution >= 4 is 5.91 Å². The van der Waals surface area contributed by atoms with Gasteiger partial charge in [0.2, 0.25) is 5.91 Å². The predicted molar refractivity (Wildman–Crippen MR) is 236 cm³/mol. The summed E-state index contributed by atoms with van der Waals surface area (Å²) in [4.78, 5) is 12.7. The molecule has 3 fully saturated rings. The van der Waals surface area contributed by atoms with E-state index in [1.807, 2.05) is 6.92 Å². The van der Waals surface area contributed by atoms with Crippen LogP contribution in [0.15, 0.2) is 36.5 Å². The maximum absolute atomic E-state index is 12.7. The Kier molecular flexibility index (Phi) is 28.2. The molecular weight excluding hydrogens is 854 g/mol. The summed E-state index contributed by atoms with van der Waals surface area (Å²) in [7, 11) is 0. The van der Waals surface area contributed by atoms with E-state index in [0.717, 1.165) is 32.1 Å². The van der Waals surface area contributed by atoms with Crippen LogP contribution in [0.1, 0.15) is 117 Å². The van der Waals surface area contributed by atoms with Crippen LogP contribution in [0.2, 0.25) is 0 Å². The van der Waals surface area contributed by atoms with Gasteiger partial charge in [-0.2, -0.15) is 0 Å². The van der Waals surface area contributed by atoms with E-state index in [4.69, 9.17) is 28.4 Å². The zero-order chi connectivity index (χ0) is 47.7. The van der Waals surface area contributed by atoms with E-state index >= 15 is 0 Å². The summed E-state index contributed by atoms with van der Waals surface area (Å²) in [5.41, 5.74) is 0. The molecule has 0 aromatic rings. The number of unbranched alkanes of at least 4 members (excludes halogenated alkanes) is 11. The number of carbonyl (C=O) groups is 1. The molecule has 0 spiro atoms. The summed E-state index contributed by atoms with van der Waals surface area (Å²) in [6, 6.07) is -0.987. The highest BCUT2D eigenvalue weighted by molar-refractivity contribution is 5.76. The molecule has 3 aliphatic rings. The van der Waals surface area contributed by atoms with Crippen molar-refractivity contribution in [2.24, 2.45) is 0 Å². The Morgan fingerprint density at radius 3 is 1.52 bits per heavy atom. The first-order chi connectivity index (χ1) is 31.3. The van der Waals surface area contributed by atoms with Gasteiger partial charge in [0.25, 0.3) is 0 Å². The molecule has 0 aromatic carbocycles. The maximum atomic E-state index is 12.7. The van der Waals surface area contributed by atoms with Gasteiger partial charge in [-0.25, -0.2) is 0 Å². The van der Waals surface area contributed by atoms with Crippen LogP contribution in [0, 0.1) is 0 Å². The Morgan fingerprint density at radius 1 is 0.538 bits per heavy atom. The standard InChI is InChI=1S/C46H81NO18/c1-3-5-7-8-9-10-11-12-13-14-15-16-17-18-19-20-21-22-23-30(51)29(47-34(52)24-6-4-2)28-60-44-40(58)37(55)42(32(26-49)62-44)65-46-41(59)38(56)43(33(27-50)63-46)64-45-39(57)36(54)35(53)31(25-48)61-45/h14-15,18-19,22-23,29-33,35-46,48-51,53-59H,3-13,16-17,20-21,24-28H2,1-2H3,(H,47,52)/b15-14+,19-18+,23-22+. The quantitative estimate of drug-likeness (QED) is 0.0328. The van der Waals surface area contributed by atoms with Gasteiger partial charge in [-0.3, -0.25) is 4.79 Å². The van der Waals surface area contributed by atoms with Crippen LogP contribution in [0.4, 0.5) is 0 Å². The molecule has 3 saturated heterocycles. The molecule has 378 valence electrons. The zero-order valence-electron chi connectivity index (χ0n) is 38.2. The fourth-order valence-electron chi connectivity index (χ4n) is 7.84. The molecule has 0 aliphatic carbocycles. The Morgan fingerprint density at radius 2 is 0.985 bits per heavy atom. The maximum Gasteiger partial charge on any atom is 0.220 e. The number of hydrogen-bond acceptors (Lipinski definition) is 18. The van der Waals surface area contributed by atoms with Crippen molar-refractivity contribution in [3.63, 3.8) is 0 Å². The summed E-state index contributed by atoms with van der Waals surface area (Å²) in [6.07, 6.45) is 1.71. The minimum atomic E-state index is -1.98. The molecule has 3 heterocycles. The van der Waals surface area contributed by atoms with Gasteiger partial charge in [-0.15, -0.1) is 0 Å². The van der Waals surface area contributed by atoms with Crippen LogP contribution in [-0.2, 0) is 33.2 Å². The van der Waals surface area contributed by atoms with Gasteiger partial charge in [0, 0.05) is 6.42 Å². The average Bonchev–Trinajstić information content (AvgIpc) is 3.30. The number of aliphatic hydroxyl groups is 11. The first-order valence-electron chi connectivity index (χ1n) is 23.7. The van der Waals surface area contributed by atoms with Gasteiger partial charge >= 0.3 is 0 Å². The number of carbonyl (C=O) groups excluding carboxylic acids is 1. The Labute approximate surface area is 383 Å². The molecule has 17 unspecified atom stereocenters. The zero-order valence-corrected chi connectivity index (χ0v) is 38.2. The molecule has 0 radical (unpaired) electrons. The molecule has 3 aliphatic heterocycles. The second-order valence-electron chi connectivity index (χ2n) is 17.2. The summed E-state index contributed by atoms with van der Waals surface area (Å²) in [5.74, 6) is -0.329. The fourth-order valence-corrected chi connectivity index (χ4v) is 7.84. The number of rotatable bonds is 31. The van der Waals surface area contributed by atoms with Crippen molar-refractivity contribution in [3.05, 3.63) is 36.5 Å². The highest BCUT2D eigenvalue weighted by Crippen LogP contribution is 2.33. The fraction of sp³-hybridized carbons (Fsp3) is 0.848. The van der Waals surface area contributed by atoms with Crippen LogP contribution < -0.4 is 5.32 Å². The first kappa shape index (κ1) is 57.3. The number of ether oxygens (including phenoxy) is 6. The molecule has 17 atom stereocenters. The van der Waals surface area contributed by atoms with E-state index in [-0.39, 0.29) is 18.9 Å². The van der Waals surface area contributed by atoms with Crippen LogP contribution >= 0.6 is 0 Å². The molecule has 0 aromatic heterocycles. The highest BCUT2D eigenvalue weighted by Gasteiger charge is 2.53. The second-order valence-corrected chi connectivity index (χ2v) is 17.2. The van der Waals surface area contributed by atoms with E-state index in [2.05, 4.69) is 36.5 Å². The molecule has 19 nitrogen and oxygen atoms in total. The molecule has 1 amide bonds. The lowest BCUT2D eigenvalue weighted by atomic mass is 9.96. The van der Waals surface area contributed by atoms with Crippen molar-refractivity contribution in [1.29, 1.82) is 0 Å². The predicted octanol–water partition coefficient (Wildman–Crippen LogP) is 0.247. The lowest BCUT2D eigenvalue weighted by Gasteiger charge is -2.48. The molecule has 65 heavy (non-hydrogen) atoms. The van der Waals surface area contributed by atoms with E-state index in [1.165, 1.54) is 51.4 Å². The van der Waals surface area contributed by atoms with Crippen LogP contribution in [-0.4, -0.2) is 193 Å². The normalized spacial score (nSPS) is 34.4. The molecule has 3 rings (SSSR count). The van der Waals surface area contributed by atoms with Gasteiger partial charge in [0.15, 0.2) is 18.9 Å². The molecule has 0 bridgehead atoms. The van der Waals surface area contributed by atoms with E-state index < -0.39 is 124 Å². The number of amides is 1. The monoisotopic (exact) mass is 936 g/mol. The van der Waals surface area contributed by atoms with Crippen LogP contribution in [0.25, 0.3) is 0 Å². The van der Waals surface area contributed by atoms with Crippen molar-refractivity contribution in [1.82, 2.24) is 5.32 Å². The van der Waals surface area contributed by atoms with Gasteiger partial charge in [0.1, 0.15) is 73.2 Å². The topological polar surface area (TPSA) is 307 Å². The second kappa shape index (κ2) is 31.9. The summed E-state index contributed by atoms with van der Waals surface area (Å²) in [5, 5.41) is 119. The van der Waals surface area contributed by atoms with Crippen LogP contribution in [0.3, 0.4) is 0 Å². The van der Waals surface area contributed by atoms with Crippen molar-refractivity contribution < 1.29 is 89.4 Å². The van der Waals surface area contributed by atoms with Gasteiger partial charge in [-0.1, -0.05) is 102 Å². The van der Waals surface area contributed by atoms with E-state index in [0.29, 0.717) is 12.8 Å². The Bertz CT molecular complexity index is 1350. The molecular formula is C46H81NO18.